The number of ether oxygens (including phenoxy) is 1. The summed E-state index contributed by atoms with van der Waals surface area (Å²) in [6.07, 6.45) is 0. The van der Waals surface area contributed by atoms with Crippen molar-refractivity contribution < 1.29 is 9.53 Å². The predicted molar refractivity (Wildman–Crippen MR) is 114 cm³/mol. The predicted octanol–water partition coefficient (Wildman–Crippen LogP) is 2.53. The molecule has 0 bridgehead atoms. The molecule has 2 heterocycles. The van der Waals surface area contributed by atoms with E-state index in [0.717, 1.165) is 11.3 Å². The molecule has 0 fully saturated rings. The molecular weight excluding hydrogens is 404 g/mol. The average Bonchev–Trinajstić information content (AvgIpc) is 3.15. The zero-order valence-corrected chi connectivity index (χ0v) is 17.1. The summed E-state index contributed by atoms with van der Waals surface area (Å²) in [7, 11) is 1.57. The summed E-state index contributed by atoms with van der Waals surface area (Å²) in [6.45, 7) is 1.98. The Morgan fingerprint density at radius 1 is 1.13 bits per heavy atom. The van der Waals surface area contributed by atoms with Crippen LogP contribution >= 0.6 is 11.8 Å². The molecule has 1 amide bonds. The van der Waals surface area contributed by atoms with Gasteiger partial charge in [0.1, 0.15) is 5.75 Å². The highest BCUT2D eigenvalue weighted by Crippen LogP contribution is 2.20. The van der Waals surface area contributed by atoms with Crippen LogP contribution in [0.5, 0.6) is 5.75 Å². The number of H-pyrrole nitrogens is 1. The minimum absolute atomic E-state index is 0.118. The van der Waals surface area contributed by atoms with E-state index < -0.39 is 0 Å². The van der Waals surface area contributed by atoms with Gasteiger partial charge in [-0.3, -0.25) is 14.6 Å². The number of aromatic amines is 1. The number of hydrogen-bond donors (Lipinski definition) is 2. The Kier molecular flexibility index (Phi) is 5.48. The van der Waals surface area contributed by atoms with Gasteiger partial charge in [-0.2, -0.15) is 9.61 Å². The Balaban J connectivity index is 1.53. The Labute approximate surface area is 175 Å². The van der Waals surface area contributed by atoms with Gasteiger partial charge in [0.25, 0.3) is 11.3 Å². The molecule has 0 unspecified atom stereocenters. The van der Waals surface area contributed by atoms with Gasteiger partial charge in [-0.05, 0) is 43.3 Å². The number of fused-ring (bicyclic) bond motifs is 1. The third-order valence-corrected chi connectivity index (χ3v) is 5.20. The number of carbonyl (C=O) groups excluding carboxylic acids is 1. The molecule has 10 heteroatoms. The van der Waals surface area contributed by atoms with Crippen LogP contribution in [0.1, 0.15) is 5.56 Å². The molecule has 0 aliphatic rings. The van der Waals surface area contributed by atoms with Gasteiger partial charge in [0.15, 0.2) is 5.69 Å². The Morgan fingerprint density at radius 3 is 2.57 bits per heavy atom. The number of thioether (sulfide) groups is 1. The molecule has 30 heavy (non-hydrogen) atoms. The maximum Gasteiger partial charge on any atom is 0.279 e. The van der Waals surface area contributed by atoms with E-state index in [-0.39, 0.29) is 28.7 Å². The second-order valence-corrected chi connectivity index (χ2v) is 7.39. The molecule has 0 spiro atoms. The van der Waals surface area contributed by atoms with Crippen molar-refractivity contribution in [1.29, 1.82) is 0 Å². The minimum Gasteiger partial charge on any atom is -0.497 e. The third-order valence-electron chi connectivity index (χ3n) is 4.28. The van der Waals surface area contributed by atoms with E-state index in [9.17, 15) is 9.59 Å². The molecule has 2 aromatic heterocycles. The fourth-order valence-corrected chi connectivity index (χ4v) is 3.41. The summed E-state index contributed by atoms with van der Waals surface area (Å²) >= 11 is 1.18. The molecule has 0 saturated carbocycles. The van der Waals surface area contributed by atoms with Gasteiger partial charge in [-0.15, -0.1) is 10.2 Å². The number of carbonyl (C=O) groups is 1. The summed E-state index contributed by atoms with van der Waals surface area (Å²) in [5.41, 5.74) is 2.30. The molecule has 152 valence electrons. The smallest absolute Gasteiger partial charge is 0.279 e. The highest BCUT2D eigenvalue weighted by molar-refractivity contribution is 7.99. The molecule has 2 N–H and O–H groups in total. The van der Waals surface area contributed by atoms with Gasteiger partial charge in [0, 0.05) is 11.3 Å². The number of amides is 1. The molecule has 0 saturated heterocycles. The zero-order valence-electron chi connectivity index (χ0n) is 16.2. The summed E-state index contributed by atoms with van der Waals surface area (Å²) in [4.78, 5) is 27.3. The lowest BCUT2D eigenvalue weighted by Gasteiger charge is -2.05. The normalized spacial score (nSPS) is 10.9. The molecule has 0 atom stereocenters. The number of methoxy groups -OCH3 is 1. The molecule has 4 aromatic rings. The third kappa shape index (κ3) is 4.18. The topological polar surface area (TPSA) is 114 Å². The van der Waals surface area contributed by atoms with Crippen molar-refractivity contribution in [2.75, 3.05) is 18.2 Å². The van der Waals surface area contributed by atoms with Crippen molar-refractivity contribution in [1.82, 2.24) is 24.8 Å². The van der Waals surface area contributed by atoms with Crippen molar-refractivity contribution in [2.24, 2.45) is 0 Å². The van der Waals surface area contributed by atoms with Crippen LogP contribution in [0.25, 0.3) is 17.0 Å². The van der Waals surface area contributed by atoms with Gasteiger partial charge < -0.3 is 10.1 Å². The molecule has 9 nitrogen and oxygen atoms in total. The monoisotopic (exact) mass is 422 g/mol. The quantitative estimate of drug-likeness (QED) is 0.459. The van der Waals surface area contributed by atoms with Crippen molar-refractivity contribution in [2.45, 2.75) is 12.1 Å². The van der Waals surface area contributed by atoms with Crippen molar-refractivity contribution >= 4 is 29.1 Å². The van der Waals surface area contributed by atoms with E-state index in [2.05, 4.69) is 25.6 Å². The lowest BCUT2D eigenvalue weighted by molar-refractivity contribution is -0.113. The van der Waals surface area contributed by atoms with E-state index in [1.807, 2.05) is 31.2 Å². The standard InChI is InChI=1S/C20H18N6O3S/c1-12-3-7-14(8-4-12)21-16(27)11-30-20-24-23-19-22-18(28)17(25-26(19)20)13-5-9-15(29-2)10-6-13/h3-10H,11H2,1-2H3,(H,21,27)(H,22,23,28). The molecule has 2 aromatic carbocycles. The van der Waals surface area contributed by atoms with Crippen LogP contribution in [0.3, 0.4) is 0 Å². The van der Waals surface area contributed by atoms with Crippen LogP contribution in [0.2, 0.25) is 0 Å². The Bertz CT molecular complexity index is 1250. The lowest BCUT2D eigenvalue weighted by atomic mass is 10.1. The number of aryl methyl sites for hydroxylation is 1. The number of rotatable bonds is 6. The van der Waals surface area contributed by atoms with Gasteiger partial charge in [-0.25, -0.2) is 0 Å². The van der Waals surface area contributed by atoms with Crippen molar-refractivity contribution in [3.63, 3.8) is 0 Å². The van der Waals surface area contributed by atoms with Crippen LogP contribution in [-0.4, -0.2) is 43.6 Å². The highest BCUT2D eigenvalue weighted by Gasteiger charge is 2.15. The largest absolute Gasteiger partial charge is 0.497 e. The second kappa shape index (κ2) is 8.37. The first kappa shape index (κ1) is 19.6. The van der Waals surface area contributed by atoms with E-state index in [0.29, 0.717) is 16.5 Å². The van der Waals surface area contributed by atoms with Crippen LogP contribution in [0.4, 0.5) is 5.69 Å². The van der Waals surface area contributed by atoms with Crippen LogP contribution in [-0.2, 0) is 4.79 Å². The van der Waals surface area contributed by atoms with E-state index in [1.54, 1.807) is 31.4 Å². The maximum atomic E-state index is 12.4. The number of hydrogen-bond acceptors (Lipinski definition) is 7. The fourth-order valence-electron chi connectivity index (χ4n) is 2.73. The highest BCUT2D eigenvalue weighted by atomic mass is 32.2. The summed E-state index contributed by atoms with van der Waals surface area (Å²) in [5.74, 6) is 0.823. The SMILES string of the molecule is COc1ccc(-c2nn3c(SCC(=O)Nc4ccc(C)cc4)nnc3[nH]c2=O)cc1. The number of benzene rings is 2. The Morgan fingerprint density at radius 2 is 1.87 bits per heavy atom. The minimum atomic E-state index is -0.381. The van der Waals surface area contributed by atoms with E-state index in [4.69, 9.17) is 4.74 Å². The number of nitrogens with zero attached hydrogens (tertiary/aromatic N) is 4. The fraction of sp³-hybridized carbons (Fsp3) is 0.150. The molecule has 0 aliphatic carbocycles. The molecular formula is C20H18N6O3S. The maximum absolute atomic E-state index is 12.4. The lowest BCUT2D eigenvalue weighted by Crippen LogP contribution is -2.16. The average molecular weight is 422 g/mol. The molecule has 4 rings (SSSR count). The first-order valence-electron chi connectivity index (χ1n) is 9.03. The summed E-state index contributed by atoms with van der Waals surface area (Å²) in [6, 6.07) is 14.5. The summed E-state index contributed by atoms with van der Waals surface area (Å²) in [5, 5.41) is 15.6. The van der Waals surface area contributed by atoms with Crippen LogP contribution < -0.4 is 15.6 Å². The van der Waals surface area contributed by atoms with Gasteiger partial charge in [0.05, 0.1) is 12.9 Å². The molecule has 0 radical (unpaired) electrons. The van der Waals surface area contributed by atoms with Crippen LogP contribution in [0, 0.1) is 6.92 Å². The van der Waals surface area contributed by atoms with Gasteiger partial charge in [-0.1, -0.05) is 29.5 Å². The second-order valence-electron chi connectivity index (χ2n) is 6.45. The van der Waals surface area contributed by atoms with Crippen molar-refractivity contribution in [3.05, 3.63) is 64.4 Å². The van der Waals surface area contributed by atoms with E-state index >= 15 is 0 Å². The summed E-state index contributed by atoms with van der Waals surface area (Å²) < 4.78 is 6.56. The zero-order chi connectivity index (χ0) is 21.1. The van der Waals surface area contributed by atoms with Gasteiger partial charge >= 0.3 is 0 Å². The number of aromatic nitrogens is 5. The van der Waals surface area contributed by atoms with Gasteiger partial charge in [0.2, 0.25) is 11.1 Å². The number of nitrogens with one attached hydrogen (secondary N) is 2. The van der Waals surface area contributed by atoms with Crippen molar-refractivity contribution in [3.8, 4) is 17.0 Å². The van der Waals surface area contributed by atoms with E-state index in [1.165, 1.54) is 16.3 Å². The number of anilines is 1. The molecule has 0 aliphatic heterocycles. The van der Waals surface area contributed by atoms with Crippen LogP contribution in [0.15, 0.2) is 58.5 Å². The Hall–Kier alpha value is -3.66. The first-order valence-corrected chi connectivity index (χ1v) is 10.0. The first-order chi connectivity index (χ1) is 14.5.